The van der Waals surface area contributed by atoms with E-state index in [4.69, 9.17) is 5.10 Å². The van der Waals surface area contributed by atoms with Gasteiger partial charge in [-0.25, -0.2) is 9.67 Å². The smallest absolute Gasteiger partial charge is 0.253 e. The van der Waals surface area contributed by atoms with Crippen molar-refractivity contribution in [1.82, 2.24) is 19.7 Å². The van der Waals surface area contributed by atoms with Gasteiger partial charge in [-0.15, -0.1) is 0 Å². The van der Waals surface area contributed by atoms with Crippen LogP contribution in [-0.2, 0) is 5.41 Å². The topological polar surface area (TPSA) is 54.3 Å². The van der Waals surface area contributed by atoms with E-state index in [2.05, 4.69) is 49.7 Å². The Hall–Kier alpha value is -3.15. The predicted octanol–water partition coefficient (Wildman–Crippen LogP) is 4.14. The highest BCUT2D eigenvalue weighted by Crippen LogP contribution is 2.28. The molecule has 1 amide bonds. The van der Waals surface area contributed by atoms with Crippen LogP contribution in [0.25, 0.3) is 5.82 Å². The quantitative estimate of drug-likeness (QED) is 0.643. The molecule has 6 heteroatoms. The molecular formula is C25H31N5O. The summed E-state index contributed by atoms with van der Waals surface area (Å²) in [6, 6.07) is 13.9. The molecule has 31 heavy (non-hydrogen) atoms. The first-order chi connectivity index (χ1) is 14.8. The van der Waals surface area contributed by atoms with Gasteiger partial charge in [-0.05, 0) is 49.1 Å². The predicted molar refractivity (Wildman–Crippen MR) is 124 cm³/mol. The standard InChI is InChI=1S/C25H31N5O/c1-18-23(19(2)30(27-18)22-8-6-7-13-26-22)28-14-16-29(17-15-28)24(31)20-9-11-21(12-10-20)25(3,4)5/h6-13H,14-17H2,1-5H3. The van der Waals surface area contributed by atoms with Gasteiger partial charge in [-0.1, -0.05) is 39.0 Å². The zero-order valence-electron chi connectivity index (χ0n) is 19.1. The first kappa shape index (κ1) is 21.1. The molecule has 3 heterocycles. The van der Waals surface area contributed by atoms with Crippen LogP contribution in [0.15, 0.2) is 48.7 Å². The minimum atomic E-state index is 0.0859. The third kappa shape index (κ3) is 4.20. The molecule has 0 unspecified atom stereocenters. The molecule has 0 aliphatic carbocycles. The van der Waals surface area contributed by atoms with E-state index in [1.807, 2.05) is 46.8 Å². The summed E-state index contributed by atoms with van der Waals surface area (Å²) in [4.78, 5) is 21.7. The molecule has 162 valence electrons. The molecular weight excluding hydrogens is 386 g/mol. The van der Waals surface area contributed by atoms with Crippen LogP contribution >= 0.6 is 0 Å². The number of hydrogen-bond donors (Lipinski definition) is 0. The normalized spacial score (nSPS) is 14.7. The Morgan fingerprint density at radius 1 is 0.935 bits per heavy atom. The number of aryl methyl sites for hydroxylation is 1. The number of carbonyl (C=O) groups excluding carboxylic acids is 1. The maximum Gasteiger partial charge on any atom is 0.253 e. The lowest BCUT2D eigenvalue weighted by Crippen LogP contribution is -2.49. The lowest BCUT2D eigenvalue weighted by Gasteiger charge is -2.36. The lowest BCUT2D eigenvalue weighted by atomic mass is 9.86. The number of hydrogen-bond acceptors (Lipinski definition) is 4. The minimum absolute atomic E-state index is 0.0859. The van der Waals surface area contributed by atoms with Gasteiger partial charge in [0, 0.05) is 37.9 Å². The van der Waals surface area contributed by atoms with E-state index in [0.717, 1.165) is 41.5 Å². The van der Waals surface area contributed by atoms with Crippen LogP contribution in [-0.4, -0.2) is 51.8 Å². The van der Waals surface area contributed by atoms with Gasteiger partial charge in [-0.2, -0.15) is 5.10 Å². The van der Waals surface area contributed by atoms with Crippen LogP contribution < -0.4 is 4.90 Å². The van der Waals surface area contributed by atoms with Gasteiger partial charge in [0.15, 0.2) is 5.82 Å². The van der Waals surface area contributed by atoms with E-state index in [-0.39, 0.29) is 11.3 Å². The van der Waals surface area contributed by atoms with Crippen LogP contribution in [0, 0.1) is 13.8 Å². The Morgan fingerprint density at radius 3 is 2.19 bits per heavy atom. The highest BCUT2D eigenvalue weighted by atomic mass is 16.2. The van der Waals surface area contributed by atoms with Crippen molar-refractivity contribution in [2.24, 2.45) is 0 Å². The van der Waals surface area contributed by atoms with Crippen molar-refractivity contribution in [2.75, 3.05) is 31.1 Å². The molecule has 1 aliphatic heterocycles. The van der Waals surface area contributed by atoms with E-state index in [0.29, 0.717) is 13.1 Å². The minimum Gasteiger partial charge on any atom is -0.365 e. The fraction of sp³-hybridized carbons (Fsp3) is 0.400. The average Bonchev–Trinajstić information content (AvgIpc) is 3.07. The molecule has 0 N–H and O–H groups in total. The molecule has 4 rings (SSSR count). The molecule has 3 aromatic rings. The van der Waals surface area contributed by atoms with E-state index in [1.165, 1.54) is 5.56 Å². The fourth-order valence-electron chi connectivity index (χ4n) is 4.22. The summed E-state index contributed by atoms with van der Waals surface area (Å²) in [5.74, 6) is 0.930. The van der Waals surface area contributed by atoms with Gasteiger partial charge >= 0.3 is 0 Å². The van der Waals surface area contributed by atoms with Gasteiger partial charge in [-0.3, -0.25) is 4.79 Å². The zero-order valence-corrected chi connectivity index (χ0v) is 19.1. The van der Waals surface area contributed by atoms with Crippen LogP contribution in [0.5, 0.6) is 0 Å². The molecule has 1 aromatic carbocycles. The van der Waals surface area contributed by atoms with Crippen LogP contribution in [0.4, 0.5) is 5.69 Å². The monoisotopic (exact) mass is 417 g/mol. The van der Waals surface area contributed by atoms with E-state index < -0.39 is 0 Å². The summed E-state index contributed by atoms with van der Waals surface area (Å²) in [6.45, 7) is 13.7. The van der Waals surface area contributed by atoms with Crippen molar-refractivity contribution in [1.29, 1.82) is 0 Å². The largest absolute Gasteiger partial charge is 0.365 e. The van der Waals surface area contributed by atoms with Crippen molar-refractivity contribution in [3.63, 3.8) is 0 Å². The number of anilines is 1. The van der Waals surface area contributed by atoms with Crippen molar-refractivity contribution in [2.45, 2.75) is 40.0 Å². The maximum absolute atomic E-state index is 13.0. The molecule has 0 atom stereocenters. The second-order valence-corrected chi connectivity index (χ2v) is 9.23. The molecule has 6 nitrogen and oxygen atoms in total. The molecule has 0 spiro atoms. The summed E-state index contributed by atoms with van der Waals surface area (Å²) in [6.07, 6.45) is 1.78. The molecule has 0 bridgehead atoms. The Morgan fingerprint density at radius 2 is 1.61 bits per heavy atom. The van der Waals surface area contributed by atoms with Gasteiger partial charge in [0.2, 0.25) is 0 Å². The van der Waals surface area contributed by atoms with Crippen LogP contribution in [0.1, 0.15) is 48.1 Å². The molecule has 0 radical (unpaired) electrons. The van der Waals surface area contributed by atoms with Crippen molar-refractivity contribution in [3.8, 4) is 5.82 Å². The summed E-state index contributed by atoms with van der Waals surface area (Å²) in [5.41, 5.74) is 5.30. The second kappa shape index (κ2) is 8.17. The molecule has 1 aliphatic rings. The zero-order chi connectivity index (χ0) is 22.2. The lowest BCUT2D eigenvalue weighted by molar-refractivity contribution is 0.0746. The summed E-state index contributed by atoms with van der Waals surface area (Å²) in [7, 11) is 0. The first-order valence-corrected chi connectivity index (χ1v) is 10.9. The SMILES string of the molecule is Cc1nn(-c2ccccn2)c(C)c1N1CCN(C(=O)c2ccc(C(C)(C)C)cc2)CC1. The maximum atomic E-state index is 13.0. The summed E-state index contributed by atoms with van der Waals surface area (Å²) >= 11 is 0. The highest BCUT2D eigenvalue weighted by molar-refractivity contribution is 5.94. The third-order valence-electron chi connectivity index (χ3n) is 6.00. The Kier molecular flexibility index (Phi) is 5.56. The fourth-order valence-corrected chi connectivity index (χ4v) is 4.22. The molecule has 0 saturated carbocycles. The number of carbonyl (C=O) groups is 1. The Balaban J connectivity index is 1.46. The number of pyridine rings is 1. The van der Waals surface area contributed by atoms with Gasteiger partial charge in [0.1, 0.15) is 0 Å². The average molecular weight is 418 g/mol. The van der Waals surface area contributed by atoms with Gasteiger partial charge in [0.25, 0.3) is 5.91 Å². The number of piperazine rings is 1. The molecule has 1 saturated heterocycles. The van der Waals surface area contributed by atoms with E-state index >= 15 is 0 Å². The van der Waals surface area contributed by atoms with Crippen molar-refractivity contribution < 1.29 is 4.79 Å². The summed E-state index contributed by atoms with van der Waals surface area (Å²) in [5, 5.41) is 4.72. The second-order valence-electron chi connectivity index (χ2n) is 9.23. The number of benzene rings is 1. The third-order valence-corrected chi connectivity index (χ3v) is 6.00. The van der Waals surface area contributed by atoms with Gasteiger partial charge < -0.3 is 9.80 Å². The van der Waals surface area contributed by atoms with Gasteiger partial charge in [0.05, 0.1) is 17.1 Å². The number of rotatable bonds is 3. The number of amides is 1. The molecule has 1 fully saturated rings. The van der Waals surface area contributed by atoms with Crippen molar-refractivity contribution >= 4 is 11.6 Å². The van der Waals surface area contributed by atoms with Crippen LogP contribution in [0.3, 0.4) is 0 Å². The van der Waals surface area contributed by atoms with Crippen molar-refractivity contribution in [3.05, 3.63) is 71.2 Å². The van der Waals surface area contributed by atoms with E-state index in [9.17, 15) is 4.79 Å². The Labute approximate surface area is 184 Å². The van der Waals surface area contributed by atoms with E-state index in [1.54, 1.807) is 6.20 Å². The first-order valence-electron chi connectivity index (χ1n) is 10.9. The number of aromatic nitrogens is 3. The van der Waals surface area contributed by atoms with Crippen LogP contribution in [0.2, 0.25) is 0 Å². The Bertz CT molecular complexity index is 1060. The molecule has 2 aromatic heterocycles. The highest BCUT2D eigenvalue weighted by Gasteiger charge is 2.26. The summed E-state index contributed by atoms with van der Waals surface area (Å²) < 4.78 is 1.90. The number of nitrogens with zero attached hydrogens (tertiary/aromatic N) is 5.